The van der Waals surface area contributed by atoms with Crippen LogP contribution in [0.1, 0.15) is 62.7 Å². The van der Waals surface area contributed by atoms with Gasteiger partial charge in [0, 0.05) is 32.8 Å². The summed E-state index contributed by atoms with van der Waals surface area (Å²) >= 11 is 0. The summed E-state index contributed by atoms with van der Waals surface area (Å²) in [7, 11) is 1.57. The third-order valence-electron chi connectivity index (χ3n) is 6.64. The Bertz CT molecular complexity index is 793. The van der Waals surface area contributed by atoms with E-state index < -0.39 is 6.10 Å². The number of anilines is 1. The third kappa shape index (κ3) is 5.10. The van der Waals surface area contributed by atoms with Crippen molar-refractivity contribution < 1.29 is 9.53 Å². The van der Waals surface area contributed by atoms with Gasteiger partial charge in [-0.3, -0.25) is 4.79 Å². The first-order valence-corrected chi connectivity index (χ1v) is 11.4. The predicted molar refractivity (Wildman–Crippen MR) is 118 cm³/mol. The molecular formula is C24H34N4O2. The lowest BCUT2D eigenvalue weighted by atomic mass is 9.88. The van der Waals surface area contributed by atoms with E-state index in [-0.39, 0.29) is 5.91 Å². The fraction of sp³-hybridized carbons (Fsp3) is 0.583. The lowest BCUT2D eigenvalue weighted by molar-refractivity contribution is -0.126. The number of hydrogen-bond donors (Lipinski definition) is 1. The molecule has 1 aliphatic carbocycles. The Morgan fingerprint density at radius 3 is 2.53 bits per heavy atom. The molecule has 0 bridgehead atoms. The SMILES string of the molecule is COC(C(=O)Nc1ccnn1C1CCN(CC2CCCCC2)CC1)c1ccccc1. The van der Waals surface area contributed by atoms with E-state index in [4.69, 9.17) is 4.74 Å². The number of nitrogens with one attached hydrogen (secondary N) is 1. The quantitative estimate of drug-likeness (QED) is 0.734. The van der Waals surface area contributed by atoms with Crippen molar-refractivity contribution in [3.8, 4) is 0 Å². The number of rotatable bonds is 7. The van der Waals surface area contributed by atoms with Gasteiger partial charge in [0.1, 0.15) is 5.82 Å². The van der Waals surface area contributed by atoms with Crippen LogP contribution in [0.25, 0.3) is 0 Å². The number of carbonyl (C=O) groups is 1. The molecule has 1 N–H and O–H groups in total. The van der Waals surface area contributed by atoms with E-state index in [9.17, 15) is 4.79 Å². The molecule has 2 fully saturated rings. The zero-order valence-electron chi connectivity index (χ0n) is 18.0. The summed E-state index contributed by atoms with van der Waals surface area (Å²) < 4.78 is 7.46. The number of amides is 1. The molecule has 1 saturated carbocycles. The number of piperidine rings is 1. The van der Waals surface area contributed by atoms with Crippen LogP contribution in [0.3, 0.4) is 0 Å². The standard InChI is InChI=1S/C24H34N4O2/c1-30-23(20-10-6-3-7-11-20)24(29)26-22-12-15-25-28(22)21-13-16-27(17-14-21)18-19-8-4-2-5-9-19/h3,6-7,10-12,15,19,21,23H,2,4-5,8-9,13-14,16-18H2,1H3,(H,26,29). The molecule has 4 rings (SSSR count). The van der Waals surface area contributed by atoms with Gasteiger partial charge in [0.2, 0.25) is 0 Å². The van der Waals surface area contributed by atoms with E-state index in [2.05, 4.69) is 15.3 Å². The highest BCUT2D eigenvalue weighted by molar-refractivity contribution is 5.94. The number of methoxy groups -OCH3 is 1. The lowest BCUT2D eigenvalue weighted by Gasteiger charge is -2.35. The molecule has 6 heteroatoms. The molecule has 1 aromatic heterocycles. The first-order chi connectivity index (χ1) is 14.7. The summed E-state index contributed by atoms with van der Waals surface area (Å²) in [5.41, 5.74) is 0.847. The topological polar surface area (TPSA) is 59.4 Å². The minimum absolute atomic E-state index is 0.166. The second-order valence-electron chi connectivity index (χ2n) is 8.71. The first kappa shape index (κ1) is 21.1. The second-order valence-corrected chi connectivity index (χ2v) is 8.71. The predicted octanol–water partition coefficient (Wildman–Crippen LogP) is 4.43. The molecule has 1 amide bonds. The molecule has 1 saturated heterocycles. The van der Waals surface area contributed by atoms with Crippen LogP contribution in [0.5, 0.6) is 0 Å². The molecule has 1 aromatic carbocycles. The average molecular weight is 411 g/mol. The molecule has 162 valence electrons. The van der Waals surface area contributed by atoms with Crippen LogP contribution in [0, 0.1) is 5.92 Å². The van der Waals surface area contributed by atoms with Gasteiger partial charge in [-0.05, 0) is 37.2 Å². The largest absolute Gasteiger partial charge is 0.367 e. The molecule has 1 aliphatic heterocycles. The monoisotopic (exact) mass is 410 g/mol. The lowest BCUT2D eigenvalue weighted by Crippen LogP contribution is -2.38. The maximum absolute atomic E-state index is 12.9. The van der Waals surface area contributed by atoms with Crippen LogP contribution in [0.4, 0.5) is 5.82 Å². The normalized spacial score (nSPS) is 20.2. The van der Waals surface area contributed by atoms with Crippen LogP contribution < -0.4 is 5.32 Å². The molecule has 2 heterocycles. The van der Waals surface area contributed by atoms with Gasteiger partial charge in [-0.25, -0.2) is 4.68 Å². The van der Waals surface area contributed by atoms with Crippen molar-refractivity contribution in [1.82, 2.24) is 14.7 Å². The highest BCUT2D eigenvalue weighted by Gasteiger charge is 2.27. The number of nitrogens with zero attached hydrogens (tertiary/aromatic N) is 3. The van der Waals surface area contributed by atoms with Crippen molar-refractivity contribution in [3.05, 3.63) is 48.2 Å². The summed E-state index contributed by atoms with van der Waals surface area (Å²) in [6, 6.07) is 11.8. The highest BCUT2D eigenvalue weighted by atomic mass is 16.5. The summed E-state index contributed by atoms with van der Waals surface area (Å²) in [4.78, 5) is 15.5. The molecule has 0 radical (unpaired) electrons. The van der Waals surface area contributed by atoms with Gasteiger partial charge in [0.15, 0.2) is 6.10 Å². The van der Waals surface area contributed by atoms with Crippen molar-refractivity contribution in [3.63, 3.8) is 0 Å². The van der Waals surface area contributed by atoms with Crippen molar-refractivity contribution in [2.75, 3.05) is 32.1 Å². The van der Waals surface area contributed by atoms with Crippen molar-refractivity contribution in [2.45, 2.75) is 57.1 Å². The van der Waals surface area contributed by atoms with E-state index >= 15 is 0 Å². The number of benzene rings is 1. The average Bonchev–Trinajstić information content (AvgIpc) is 3.24. The molecular weight excluding hydrogens is 376 g/mol. The van der Waals surface area contributed by atoms with Gasteiger partial charge < -0.3 is 15.0 Å². The van der Waals surface area contributed by atoms with E-state index in [1.807, 2.05) is 41.1 Å². The van der Waals surface area contributed by atoms with Crippen molar-refractivity contribution in [2.24, 2.45) is 5.92 Å². The van der Waals surface area contributed by atoms with E-state index in [1.54, 1.807) is 13.3 Å². The maximum Gasteiger partial charge on any atom is 0.259 e. The molecule has 6 nitrogen and oxygen atoms in total. The maximum atomic E-state index is 12.9. The van der Waals surface area contributed by atoms with Gasteiger partial charge >= 0.3 is 0 Å². The number of aromatic nitrogens is 2. The number of likely N-dealkylation sites (tertiary alicyclic amines) is 1. The molecule has 2 aromatic rings. The Kier molecular flexibility index (Phi) is 7.18. The van der Waals surface area contributed by atoms with Gasteiger partial charge in [0.25, 0.3) is 5.91 Å². The third-order valence-corrected chi connectivity index (χ3v) is 6.64. The summed E-state index contributed by atoms with van der Waals surface area (Å²) in [6.07, 6.45) is 10.3. The van der Waals surface area contributed by atoms with Crippen molar-refractivity contribution >= 4 is 11.7 Å². The number of ether oxygens (including phenoxy) is 1. The number of hydrogen-bond acceptors (Lipinski definition) is 4. The van der Waals surface area contributed by atoms with E-state index in [1.165, 1.54) is 38.6 Å². The molecule has 1 atom stereocenters. The van der Waals surface area contributed by atoms with Crippen LogP contribution in [0.15, 0.2) is 42.6 Å². The fourth-order valence-corrected chi connectivity index (χ4v) is 5.00. The zero-order chi connectivity index (χ0) is 20.8. The van der Waals surface area contributed by atoms with Crippen LogP contribution in [0.2, 0.25) is 0 Å². The number of carbonyl (C=O) groups excluding carboxylic acids is 1. The van der Waals surface area contributed by atoms with Crippen LogP contribution in [-0.2, 0) is 9.53 Å². The molecule has 30 heavy (non-hydrogen) atoms. The minimum atomic E-state index is -0.633. The van der Waals surface area contributed by atoms with Crippen molar-refractivity contribution in [1.29, 1.82) is 0 Å². The fourth-order valence-electron chi connectivity index (χ4n) is 5.00. The summed E-state index contributed by atoms with van der Waals surface area (Å²) in [5, 5.41) is 7.57. The Morgan fingerprint density at radius 1 is 1.10 bits per heavy atom. The second kappa shape index (κ2) is 10.2. The van der Waals surface area contributed by atoms with Crippen LogP contribution in [-0.4, -0.2) is 47.3 Å². The van der Waals surface area contributed by atoms with Gasteiger partial charge in [-0.2, -0.15) is 5.10 Å². The Labute approximate surface area is 179 Å². The highest BCUT2D eigenvalue weighted by Crippen LogP contribution is 2.29. The smallest absolute Gasteiger partial charge is 0.259 e. The van der Waals surface area contributed by atoms with E-state index in [0.717, 1.165) is 43.2 Å². The zero-order valence-corrected chi connectivity index (χ0v) is 18.0. The van der Waals surface area contributed by atoms with E-state index in [0.29, 0.717) is 6.04 Å². The molecule has 2 aliphatic rings. The van der Waals surface area contributed by atoms with Gasteiger partial charge in [-0.15, -0.1) is 0 Å². The Hall–Kier alpha value is -2.18. The first-order valence-electron chi connectivity index (χ1n) is 11.4. The minimum Gasteiger partial charge on any atom is -0.367 e. The van der Waals surface area contributed by atoms with Gasteiger partial charge in [-0.1, -0.05) is 49.6 Å². The van der Waals surface area contributed by atoms with Crippen LogP contribution >= 0.6 is 0 Å². The molecule has 0 spiro atoms. The Morgan fingerprint density at radius 2 is 1.83 bits per heavy atom. The Balaban J connectivity index is 1.34. The summed E-state index contributed by atoms with van der Waals surface area (Å²) in [6.45, 7) is 3.47. The van der Waals surface area contributed by atoms with Gasteiger partial charge in [0.05, 0.1) is 12.2 Å². The molecule has 1 unspecified atom stereocenters. The summed E-state index contributed by atoms with van der Waals surface area (Å²) in [5.74, 6) is 1.47.